The Morgan fingerprint density at radius 2 is 1.86 bits per heavy atom. The van der Waals surface area contributed by atoms with E-state index in [1.165, 1.54) is 0 Å². The predicted molar refractivity (Wildman–Crippen MR) is 70.9 cm³/mol. The predicted octanol–water partition coefficient (Wildman–Crippen LogP) is 2.97. The first-order chi connectivity index (χ1) is 9.73. The van der Waals surface area contributed by atoms with Gasteiger partial charge < -0.3 is 8.92 Å². The maximum absolute atomic E-state index is 12.4. The molecule has 0 saturated heterocycles. The number of hydrogen-bond donors (Lipinski definition) is 0. The minimum Gasteiger partial charge on any atom is -0.443 e. The summed E-state index contributed by atoms with van der Waals surface area (Å²) in [5.41, 5.74) is -6.46. The van der Waals surface area contributed by atoms with Crippen molar-refractivity contribution < 1.29 is 35.3 Å². The quantitative estimate of drug-likeness (QED) is 0.568. The van der Waals surface area contributed by atoms with Crippen LogP contribution in [0.25, 0.3) is 0 Å². The van der Waals surface area contributed by atoms with E-state index in [2.05, 4.69) is 4.18 Å². The maximum atomic E-state index is 12.4. The van der Waals surface area contributed by atoms with Crippen LogP contribution in [0.2, 0.25) is 0 Å². The molecule has 0 N–H and O–H groups in total. The highest BCUT2D eigenvalue weighted by molar-refractivity contribution is 7.87. The van der Waals surface area contributed by atoms with Crippen LogP contribution in [-0.4, -0.2) is 37.1 Å². The molecule has 0 aliphatic carbocycles. The Bertz CT molecular complexity index is 562. The van der Waals surface area contributed by atoms with Crippen molar-refractivity contribution in [2.75, 3.05) is 6.54 Å². The van der Waals surface area contributed by atoms with Gasteiger partial charge in [-0.15, -0.1) is 0 Å². The molecule has 0 unspecified atom stereocenters. The van der Waals surface area contributed by atoms with Gasteiger partial charge in [0.05, 0.1) is 0 Å². The van der Waals surface area contributed by atoms with Crippen LogP contribution in [0.15, 0.2) is 12.0 Å². The largest absolute Gasteiger partial charge is 0.534 e. The van der Waals surface area contributed by atoms with Crippen molar-refractivity contribution >= 4 is 16.2 Å². The third kappa shape index (κ3) is 4.79. The summed E-state index contributed by atoms with van der Waals surface area (Å²) in [5, 5.41) is 0. The van der Waals surface area contributed by atoms with Gasteiger partial charge in [-0.3, -0.25) is 0 Å². The molecule has 0 aromatic heterocycles. The fourth-order valence-electron chi connectivity index (χ4n) is 1.59. The highest BCUT2D eigenvalue weighted by Crippen LogP contribution is 2.30. The van der Waals surface area contributed by atoms with Gasteiger partial charge in [-0.2, -0.15) is 21.6 Å². The molecule has 0 fully saturated rings. The standard InChI is InChI=1S/C12H18F3NO5S/c1-8-5-6-16(10(17)20-11(2,3)4)9(7-8)21-22(18,19)12(13,14)15/h7-8H,5-6H2,1-4H3/t8-/m0/s1. The van der Waals surface area contributed by atoms with Crippen LogP contribution >= 0.6 is 0 Å². The molecule has 1 heterocycles. The van der Waals surface area contributed by atoms with Crippen molar-refractivity contribution in [3.05, 3.63) is 12.0 Å². The molecular weight excluding hydrogens is 327 g/mol. The van der Waals surface area contributed by atoms with Crippen LogP contribution in [0.1, 0.15) is 34.1 Å². The van der Waals surface area contributed by atoms with Crippen LogP contribution in [-0.2, 0) is 19.0 Å². The van der Waals surface area contributed by atoms with Crippen molar-refractivity contribution in [3.8, 4) is 0 Å². The van der Waals surface area contributed by atoms with Gasteiger partial charge in [-0.1, -0.05) is 6.92 Å². The second-order valence-electron chi connectivity index (χ2n) is 5.89. The third-order valence-corrected chi connectivity index (χ3v) is 3.55. The van der Waals surface area contributed by atoms with Gasteiger partial charge in [0, 0.05) is 6.54 Å². The number of carbonyl (C=O) groups is 1. The number of halogens is 3. The average molecular weight is 345 g/mol. The van der Waals surface area contributed by atoms with E-state index in [0.717, 1.165) is 11.0 Å². The molecule has 0 radical (unpaired) electrons. The van der Waals surface area contributed by atoms with E-state index in [1.807, 2.05) is 0 Å². The van der Waals surface area contributed by atoms with E-state index in [1.54, 1.807) is 27.7 Å². The minimum absolute atomic E-state index is 0.00467. The van der Waals surface area contributed by atoms with Crippen molar-refractivity contribution in [1.82, 2.24) is 4.90 Å². The van der Waals surface area contributed by atoms with E-state index in [-0.39, 0.29) is 12.5 Å². The summed E-state index contributed by atoms with van der Waals surface area (Å²) in [7, 11) is -5.85. The Hall–Kier alpha value is -1.45. The first-order valence-electron chi connectivity index (χ1n) is 6.46. The molecule has 128 valence electrons. The summed E-state index contributed by atoms with van der Waals surface area (Å²) >= 11 is 0. The molecule has 0 aromatic carbocycles. The van der Waals surface area contributed by atoms with Crippen LogP contribution in [0.5, 0.6) is 0 Å². The summed E-state index contributed by atoms with van der Waals surface area (Å²) < 4.78 is 68.6. The Morgan fingerprint density at radius 3 is 2.32 bits per heavy atom. The number of alkyl halides is 3. The minimum atomic E-state index is -5.85. The van der Waals surface area contributed by atoms with Crippen LogP contribution in [0.3, 0.4) is 0 Å². The number of amides is 1. The van der Waals surface area contributed by atoms with Crippen molar-refractivity contribution in [2.45, 2.75) is 45.2 Å². The van der Waals surface area contributed by atoms with Gasteiger partial charge in [0.1, 0.15) is 5.60 Å². The molecule has 22 heavy (non-hydrogen) atoms. The van der Waals surface area contributed by atoms with Crippen LogP contribution < -0.4 is 0 Å². The van der Waals surface area contributed by atoms with E-state index in [9.17, 15) is 26.4 Å². The van der Waals surface area contributed by atoms with Crippen molar-refractivity contribution in [1.29, 1.82) is 0 Å². The fourth-order valence-corrected chi connectivity index (χ4v) is 2.06. The monoisotopic (exact) mass is 345 g/mol. The molecule has 1 aliphatic rings. The Kier molecular flexibility index (Phi) is 5.05. The van der Waals surface area contributed by atoms with Gasteiger partial charge in [-0.05, 0) is 39.2 Å². The summed E-state index contributed by atoms with van der Waals surface area (Å²) in [5.74, 6) is -0.928. The highest BCUT2D eigenvalue weighted by atomic mass is 32.2. The Balaban J connectivity index is 3.04. The lowest BCUT2D eigenvalue weighted by Crippen LogP contribution is -2.41. The van der Waals surface area contributed by atoms with E-state index in [4.69, 9.17) is 4.74 Å². The zero-order valence-corrected chi connectivity index (χ0v) is 13.4. The molecule has 1 aliphatic heterocycles. The number of allylic oxidation sites excluding steroid dienone is 1. The van der Waals surface area contributed by atoms with Crippen LogP contribution in [0.4, 0.5) is 18.0 Å². The Labute approximate surface area is 127 Å². The summed E-state index contributed by atoms with van der Waals surface area (Å²) in [6.45, 7) is 6.39. The average Bonchev–Trinajstić information content (AvgIpc) is 2.23. The number of nitrogens with zero attached hydrogens (tertiary/aromatic N) is 1. The molecule has 10 heteroatoms. The molecule has 1 atom stereocenters. The smallest absolute Gasteiger partial charge is 0.443 e. The van der Waals surface area contributed by atoms with Crippen molar-refractivity contribution in [3.63, 3.8) is 0 Å². The molecular formula is C12H18F3NO5S. The first kappa shape index (κ1) is 18.6. The van der Waals surface area contributed by atoms with E-state index in [0.29, 0.717) is 6.42 Å². The second kappa shape index (κ2) is 5.98. The number of ether oxygens (including phenoxy) is 1. The van der Waals surface area contributed by atoms with Gasteiger partial charge in [0.15, 0.2) is 0 Å². The Morgan fingerprint density at radius 1 is 1.32 bits per heavy atom. The van der Waals surface area contributed by atoms with Gasteiger partial charge in [-0.25, -0.2) is 9.69 Å². The molecule has 0 aromatic rings. The molecule has 0 bridgehead atoms. The van der Waals surface area contributed by atoms with E-state index >= 15 is 0 Å². The highest BCUT2D eigenvalue weighted by Gasteiger charge is 2.50. The van der Waals surface area contributed by atoms with E-state index < -0.39 is 33.2 Å². The van der Waals surface area contributed by atoms with Crippen LogP contribution in [0, 0.1) is 5.92 Å². The summed E-state index contributed by atoms with van der Waals surface area (Å²) in [6, 6.07) is 0. The molecule has 0 spiro atoms. The number of hydrogen-bond acceptors (Lipinski definition) is 5. The normalized spacial score (nSPS) is 20.4. The molecule has 1 amide bonds. The van der Waals surface area contributed by atoms with Crippen molar-refractivity contribution in [2.24, 2.45) is 5.92 Å². The lowest BCUT2D eigenvalue weighted by molar-refractivity contribution is -0.0545. The van der Waals surface area contributed by atoms with Gasteiger partial charge >= 0.3 is 21.7 Å². The van der Waals surface area contributed by atoms with Gasteiger partial charge in [0.2, 0.25) is 5.88 Å². The number of carbonyl (C=O) groups excluding carboxylic acids is 1. The molecule has 0 saturated carbocycles. The fraction of sp³-hybridized carbons (Fsp3) is 0.750. The third-order valence-electron chi connectivity index (χ3n) is 2.59. The summed E-state index contributed by atoms with van der Waals surface area (Å²) in [4.78, 5) is 12.7. The zero-order valence-electron chi connectivity index (χ0n) is 12.6. The molecule has 1 rings (SSSR count). The first-order valence-corrected chi connectivity index (χ1v) is 7.87. The summed E-state index contributed by atoms with van der Waals surface area (Å²) in [6.07, 6.45) is 0.623. The second-order valence-corrected chi connectivity index (χ2v) is 7.42. The number of rotatable bonds is 2. The topological polar surface area (TPSA) is 72.9 Å². The lowest BCUT2D eigenvalue weighted by Gasteiger charge is -2.31. The zero-order chi connectivity index (χ0) is 17.3. The van der Waals surface area contributed by atoms with Gasteiger partial charge in [0.25, 0.3) is 0 Å². The molecule has 6 nitrogen and oxygen atoms in total. The SMILES string of the molecule is C[C@@H]1C=C(OS(=O)(=O)C(F)(F)F)N(C(=O)OC(C)(C)C)CC1. The maximum Gasteiger partial charge on any atom is 0.534 e. The lowest BCUT2D eigenvalue weighted by atomic mass is 10.0.